The minimum Gasteiger partial charge on any atom is -0.368 e. The van der Waals surface area contributed by atoms with E-state index in [1.807, 2.05) is 12.3 Å². The Morgan fingerprint density at radius 3 is 2.50 bits per heavy atom. The largest absolute Gasteiger partial charge is 0.433 e. The van der Waals surface area contributed by atoms with Gasteiger partial charge in [-0.25, -0.2) is 9.97 Å². The predicted octanol–water partition coefficient (Wildman–Crippen LogP) is 3.27. The smallest absolute Gasteiger partial charge is 0.368 e. The molecule has 30 heavy (non-hydrogen) atoms. The van der Waals surface area contributed by atoms with Gasteiger partial charge in [-0.3, -0.25) is 14.8 Å². The summed E-state index contributed by atoms with van der Waals surface area (Å²) >= 11 is 0. The Hall–Kier alpha value is -2.78. The van der Waals surface area contributed by atoms with Crippen LogP contribution in [-0.2, 0) is 12.7 Å². The van der Waals surface area contributed by atoms with Crippen molar-refractivity contribution in [3.05, 3.63) is 60.2 Å². The van der Waals surface area contributed by atoms with Crippen LogP contribution in [0.3, 0.4) is 0 Å². The summed E-state index contributed by atoms with van der Waals surface area (Å²) in [5.74, 6) is 0.559. The lowest BCUT2D eigenvalue weighted by Gasteiger charge is -2.34. The molecule has 6 nitrogen and oxygen atoms in total. The van der Waals surface area contributed by atoms with Crippen molar-refractivity contribution in [1.29, 1.82) is 0 Å². The number of nitrogens with one attached hydrogen (secondary N) is 1. The first-order valence-corrected chi connectivity index (χ1v) is 9.89. The third kappa shape index (κ3) is 5.03. The molecule has 0 radical (unpaired) electrons. The fourth-order valence-corrected chi connectivity index (χ4v) is 3.61. The van der Waals surface area contributed by atoms with E-state index in [-0.39, 0.29) is 5.52 Å². The molecule has 4 rings (SSSR count). The predicted molar refractivity (Wildman–Crippen MR) is 109 cm³/mol. The molecule has 1 N–H and O–H groups in total. The summed E-state index contributed by atoms with van der Waals surface area (Å²) < 4.78 is 38.6. The number of piperazine rings is 1. The van der Waals surface area contributed by atoms with Gasteiger partial charge in [-0.05, 0) is 29.8 Å². The van der Waals surface area contributed by atoms with E-state index >= 15 is 0 Å². The van der Waals surface area contributed by atoms with Crippen molar-refractivity contribution in [2.24, 2.45) is 0 Å². The van der Waals surface area contributed by atoms with Crippen LogP contribution in [0.5, 0.6) is 0 Å². The first-order valence-electron chi connectivity index (χ1n) is 9.89. The Morgan fingerprint density at radius 1 is 0.967 bits per heavy atom. The normalized spacial score (nSPS) is 16.1. The van der Waals surface area contributed by atoms with Crippen LogP contribution in [0, 0.1) is 0 Å². The Labute approximate surface area is 172 Å². The van der Waals surface area contributed by atoms with Crippen molar-refractivity contribution in [2.45, 2.75) is 12.7 Å². The molecule has 0 aromatic carbocycles. The van der Waals surface area contributed by atoms with Crippen LogP contribution in [0.2, 0.25) is 0 Å². The minimum atomic E-state index is -4.45. The van der Waals surface area contributed by atoms with E-state index < -0.39 is 11.9 Å². The van der Waals surface area contributed by atoms with E-state index in [2.05, 4.69) is 36.1 Å². The van der Waals surface area contributed by atoms with E-state index in [9.17, 15) is 13.2 Å². The zero-order valence-electron chi connectivity index (χ0n) is 16.4. The van der Waals surface area contributed by atoms with Crippen LogP contribution in [0.25, 0.3) is 10.9 Å². The summed E-state index contributed by atoms with van der Waals surface area (Å²) in [5, 5.41) is 3.84. The van der Waals surface area contributed by atoms with E-state index in [0.717, 1.165) is 45.3 Å². The molecule has 3 aromatic heterocycles. The van der Waals surface area contributed by atoms with Gasteiger partial charge >= 0.3 is 6.18 Å². The molecule has 1 aliphatic heterocycles. The second kappa shape index (κ2) is 8.93. The quantitative estimate of drug-likeness (QED) is 0.666. The molecule has 4 heterocycles. The van der Waals surface area contributed by atoms with Gasteiger partial charge in [0.2, 0.25) is 0 Å². The van der Waals surface area contributed by atoms with Crippen LogP contribution in [-0.4, -0.2) is 64.0 Å². The number of hydrogen-bond acceptors (Lipinski definition) is 6. The number of nitrogens with zero attached hydrogens (tertiary/aromatic N) is 5. The number of halogens is 3. The van der Waals surface area contributed by atoms with Gasteiger partial charge in [-0.15, -0.1) is 0 Å². The number of aromatic nitrogens is 3. The van der Waals surface area contributed by atoms with E-state index in [0.29, 0.717) is 17.7 Å². The molecular weight excluding hydrogens is 393 g/mol. The second-order valence-electron chi connectivity index (χ2n) is 7.33. The average Bonchev–Trinajstić information content (AvgIpc) is 2.75. The number of rotatable bonds is 6. The first-order chi connectivity index (χ1) is 14.5. The molecule has 0 unspecified atom stereocenters. The van der Waals surface area contributed by atoms with Crippen molar-refractivity contribution in [2.75, 3.05) is 44.6 Å². The molecular formula is C21H23F3N6. The molecule has 3 aromatic rings. The van der Waals surface area contributed by atoms with Gasteiger partial charge in [0.1, 0.15) is 11.5 Å². The Morgan fingerprint density at radius 2 is 1.77 bits per heavy atom. The van der Waals surface area contributed by atoms with Crippen molar-refractivity contribution >= 4 is 16.7 Å². The van der Waals surface area contributed by atoms with Gasteiger partial charge in [0, 0.05) is 69.8 Å². The van der Waals surface area contributed by atoms with Crippen LogP contribution in [0.15, 0.2) is 48.9 Å². The van der Waals surface area contributed by atoms with Gasteiger partial charge in [-0.2, -0.15) is 13.2 Å². The SMILES string of the molecule is FC(F)(F)c1ccc2c(NCCN3CCN(Cc4cccnc4)CC3)nccc2n1. The number of pyridine rings is 3. The minimum absolute atomic E-state index is 0.284. The number of anilines is 1. The summed E-state index contributed by atoms with van der Waals surface area (Å²) in [5.41, 5.74) is 0.611. The summed E-state index contributed by atoms with van der Waals surface area (Å²) in [6, 6.07) is 7.97. The third-order valence-electron chi connectivity index (χ3n) is 5.22. The molecule has 9 heteroatoms. The maximum atomic E-state index is 12.9. The fraction of sp³-hybridized carbons (Fsp3) is 0.381. The number of hydrogen-bond donors (Lipinski definition) is 1. The summed E-state index contributed by atoms with van der Waals surface area (Å²) in [6.07, 6.45) is 0.712. The van der Waals surface area contributed by atoms with Crippen LogP contribution < -0.4 is 5.32 Å². The summed E-state index contributed by atoms with van der Waals surface area (Å²) in [4.78, 5) is 16.9. The van der Waals surface area contributed by atoms with E-state index in [1.54, 1.807) is 6.20 Å². The van der Waals surface area contributed by atoms with Gasteiger partial charge < -0.3 is 5.32 Å². The molecule has 1 aliphatic rings. The number of fused-ring (bicyclic) bond motifs is 1. The van der Waals surface area contributed by atoms with E-state index in [4.69, 9.17) is 0 Å². The highest BCUT2D eigenvalue weighted by atomic mass is 19.4. The fourth-order valence-electron chi connectivity index (χ4n) is 3.61. The van der Waals surface area contributed by atoms with Crippen LogP contribution in [0.1, 0.15) is 11.3 Å². The summed E-state index contributed by atoms with van der Waals surface area (Å²) in [7, 11) is 0. The molecule has 1 fully saturated rings. The molecule has 0 aliphatic carbocycles. The summed E-state index contributed by atoms with van der Waals surface area (Å²) in [6.45, 7) is 6.34. The monoisotopic (exact) mass is 416 g/mol. The lowest BCUT2D eigenvalue weighted by atomic mass is 10.2. The Kier molecular flexibility index (Phi) is 6.10. The molecule has 0 bridgehead atoms. The van der Waals surface area contributed by atoms with E-state index in [1.165, 1.54) is 23.9 Å². The maximum Gasteiger partial charge on any atom is 0.433 e. The highest BCUT2D eigenvalue weighted by Crippen LogP contribution is 2.30. The molecule has 0 atom stereocenters. The van der Waals surface area contributed by atoms with Crippen molar-refractivity contribution in [3.63, 3.8) is 0 Å². The topological polar surface area (TPSA) is 57.2 Å². The average molecular weight is 416 g/mol. The highest BCUT2D eigenvalue weighted by molar-refractivity contribution is 5.89. The van der Waals surface area contributed by atoms with Gasteiger partial charge in [0.25, 0.3) is 0 Å². The molecule has 0 saturated carbocycles. The van der Waals surface area contributed by atoms with Gasteiger partial charge in [0.15, 0.2) is 0 Å². The van der Waals surface area contributed by atoms with Crippen LogP contribution >= 0.6 is 0 Å². The second-order valence-corrected chi connectivity index (χ2v) is 7.33. The standard InChI is InChI=1S/C21H23F3N6/c22-21(23,24)19-4-3-17-18(28-19)5-7-26-20(17)27-8-9-29-10-12-30(13-11-29)15-16-2-1-6-25-14-16/h1-7,14H,8-13,15H2,(H,26,27). The van der Waals surface area contributed by atoms with Crippen molar-refractivity contribution in [3.8, 4) is 0 Å². The lowest BCUT2D eigenvalue weighted by Crippen LogP contribution is -2.47. The number of alkyl halides is 3. The third-order valence-corrected chi connectivity index (χ3v) is 5.22. The highest BCUT2D eigenvalue weighted by Gasteiger charge is 2.32. The van der Waals surface area contributed by atoms with Gasteiger partial charge in [0.05, 0.1) is 5.52 Å². The van der Waals surface area contributed by atoms with Crippen LogP contribution in [0.4, 0.5) is 19.0 Å². The maximum absolute atomic E-state index is 12.9. The molecule has 1 saturated heterocycles. The lowest BCUT2D eigenvalue weighted by molar-refractivity contribution is -0.140. The van der Waals surface area contributed by atoms with Crippen molar-refractivity contribution in [1.82, 2.24) is 24.8 Å². The Bertz CT molecular complexity index is 971. The Balaban J connectivity index is 1.28. The zero-order valence-corrected chi connectivity index (χ0v) is 16.4. The first kappa shape index (κ1) is 20.5. The zero-order chi connectivity index (χ0) is 21.0. The molecule has 158 valence electrons. The molecule has 0 amide bonds. The van der Waals surface area contributed by atoms with Gasteiger partial charge in [-0.1, -0.05) is 6.07 Å². The molecule has 0 spiro atoms. The van der Waals surface area contributed by atoms with Crippen molar-refractivity contribution < 1.29 is 13.2 Å².